The molecular weight excluding hydrogens is 434 g/mol. The van der Waals surface area contributed by atoms with Gasteiger partial charge in [0.1, 0.15) is 28.3 Å². The first-order chi connectivity index (χ1) is 12.5. The van der Waals surface area contributed by atoms with Crippen molar-refractivity contribution in [3.63, 3.8) is 0 Å². The zero-order valence-electron chi connectivity index (χ0n) is 14.0. The van der Waals surface area contributed by atoms with Gasteiger partial charge in [-0.25, -0.2) is 0 Å². The van der Waals surface area contributed by atoms with Crippen molar-refractivity contribution in [2.24, 2.45) is 0 Å². The number of nitrogens with one attached hydrogen (secondary N) is 1. The number of hydrogen-bond acceptors (Lipinski definition) is 7. The Morgan fingerprint density at radius 2 is 2.23 bits per heavy atom. The zero-order chi connectivity index (χ0) is 18.7. The molecule has 1 atom stereocenters. The third-order valence-electron chi connectivity index (χ3n) is 3.63. The number of thioether (sulfide) groups is 1. The number of allylic oxidation sites excluding steroid dienone is 1. The summed E-state index contributed by atoms with van der Waals surface area (Å²) in [4.78, 5) is 13.3. The molecule has 0 bridgehead atoms. The van der Waals surface area contributed by atoms with Crippen molar-refractivity contribution < 1.29 is 9.53 Å². The number of Topliss-reactive ketones (excluding diaryl/α,β-unsaturated/α-hetero) is 1. The van der Waals surface area contributed by atoms with Crippen molar-refractivity contribution >= 4 is 55.9 Å². The molecule has 1 aromatic heterocycles. The maximum atomic E-state index is 12.8. The molecule has 1 aliphatic heterocycles. The number of carbonyl (C=O) groups excluding carboxylic acids is 1. The largest absolute Gasteiger partial charge is 0.488 e. The van der Waals surface area contributed by atoms with Gasteiger partial charge in [0.05, 0.1) is 14.4 Å². The van der Waals surface area contributed by atoms with Gasteiger partial charge in [0, 0.05) is 0 Å². The van der Waals surface area contributed by atoms with Crippen LogP contribution in [-0.4, -0.2) is 27.6 Å². The van der Waals surface area contributed by atoms with E-state index < -0.39 is 5.92 Å². The lowest BCUT2D eigenvalue weighted by atomic mass is 10.1. The molecule has 1 aliphatic rings. The van der Waals surface area contributed by atoms with Crippen molar-refractivity contribution in [2.75, 3.05) is 6.61 Å². The van der Waals surface area contributed by atoms with Crippen LogP contribution in [0.5, 0.6) is 5.75 Å². The fraction of sp³-hybridized carbons (Fsp3) is 0.222. The van der Waals surface area contributed by atoms with E-state index in [1.807, 2.05) is 25.1 Å². The van der Waals surface area contributed by atoms with E-state index in [1.54, 1.807) is 12.2 Å². The van der Waals surface area contributed by atoms with Gasteiger partial charge in [0.15, 0.2) is 5.78 Å². The minimum Gasteiger partial charge on any atom is -0.488 e. The summed E-state index contributed by atoms with van der Waals surface area (Å²) >= 11 is 6.06. The normalized spacial score (nSPS) is 18.5. The molecule has 5 nitrogen and oxygen atoms in total. The fourth-order valence-electron chi connectivity index (χ4n) is 2.36. The van der Waals surface area contributed by atoms with Crippen LogP contribution >= 0.6 is 39.0 Å². The van der Waals surface area contributed by atoms with E-state index in [0.29, 0.717) is 27.3 Å². The highest BCUT2D eigenvalue weighted by atomic mass is 79.9. The first-order valence-electron chi connectivity index (χ1n) is 7.91. The number of ether oxygens (including phenoxy) is 1. The second-order valence-corrected chi connectivity index (χ2v) is 8.48. The number of rotatable bonds is 6. The molecule has 26 heavy (non-hydrogen) atoms. The zero-order valence-corrected chi connectivity index (χ0v) is 17.2. The number of carbonyl (C=O) groups is 1. The summed E-state index contributed by atoms with van der Waals surface area (Å²) in [6, 6.07) is 5.60. The summed E-state index contributed by atoms with van der Waals surface area (Å²) in [6.45, 7) is 6.04. The van der Waals surface area contributed by atoms with Gasteiger partial charge in [-0.3, -0.25) is 10.2 Å². The van der Waals surface area contributed by atoms with Crippen LogP contribution in [0, 0.1) is 5.41 Å². The first-order valence-corrected chi connectivity index (χ1v) is 10.3. The minimum atomic E-state index is -0.623. The summed E-state index contributed by atoms with van der Waals surface area (Å²) in [5, 5.41) is 18.1. The van der Waals surface area contributed by atoms with Crippen LogP contribution in [0.2, 0.25) is 0 Å². The summed E-state index contributed by atoms with van der Waals surface area (Å²) in [6.07, 6.45) is 4.25. The quantitative estimate of drug-likeness (QED) is 0.503. The van der Waals surface area contributed by atoms with Gasteiger partial charge in [-0.05, 0) is 46.1 Å². The Kier molecular flexibility index (Phi) is 6.05. The molecule has 1 N–H and O–H groups in total. The van der Waals surface area contributed by atoms with Gasteiger partial charge in [-0.15, -0.1) is 21.5 Å². The SMILES string of the molecule is C=CCOc1ccc(/C=C2\SC(=N)[C@@H](c3nnc(CC)s3)C2=O)cc1Br. The molecule has 134 valence electrons. The molecule has 0 spiro atoms. The second-order valence-electron chi connectivity index (χ2n) is 5.45. The average Bonchev–Trinajstić information content (AvgIpc) is 3.19. The summed E-state index contributed by atoms with van der Waals surface area (Å²) in [7, 11) is 0. The molecule has 2 aromatic rings. The van der Waals surface area contributed by atoms with Gasteiger partial charge in [0.2, 0.25) is 0 Å². The Morgan fingerprint density at radius 3 is 2.88 bits per heavy atom. The lowest BCUT2D eigenvalue weighted by molar-refractivity contribution is -0.114. The van der Waals surface area contributed by atoms with Crippen LogP contribution in [0.25, 0.3) is 6.08 Å². The van der Waals surface area contributed by atoms with Gasteiger partial charge >= 0.3 is 0 Å². The third kappa shape index (κ3) is 3.97. The number of benzene rings is 1. The Labute approximate surface area is 168 Å². The van der Waals surface area contributed by atoms with Crippen molar-refractivity contribution in [2.45, 2.75) is 19.3 Å². The average molecular weight is 450 g/mol. The molecule has 1 saturated heterocycles. The molecular formula is C18H16BrN3O2S2. The summed E-state index contributed by atoms with van der Waals surface area (Å²) in [5.41, 5.74) is 0.860. The number of hydrogen-bond donors (Lipinski definition) is 1. The number of aromatic nitrogens is 2. The molecule has 8 heteroatoms. The number of halogens is 1. The fourth-order valence-corrected chi connectivity index (χ4v) is 4.83. The van der Waals surface area contributed by atoms with Gasteiger partial charge in [-0.1, -0.05) is 37.4 Å². The van der Waals surface area contributed by atoms with E-state index in [-0.39, 0.29) is 5.78 Å². The van der Waals surface area contributed by atoms with Crippen molar-refractivity contribution in [1.29, 1.82) is 5.41 Å². The van der Waals surface area contributed by atoms with Gasteiger partial charge < -0.3 is 4.74 Å². The maximum Gasteiger partial charge on any atom is 0.186 e. The van der Waals surface area contributed by atoms with Gasteiger partial charge in [0.25, 0.3) is 0 Å². The first kappa shape index (κ1) is 19.0. The van der Waals surface area contributed by atoms with E-state index in [2.05, 4.69) is 32.7 Å². The molecule has 0 unspecified atom stereocenters. The summed E-state index contributed by atoms with van der Waals surface area (Å²) in [5.74, 6) is -0.00590. The van der Waals surface area contributed by atoms with E-state index in [9.17, 15) is 4.79 Å². The highest BCUT2D eigenvalue weighted by Crippen LogP contribution is 2.41. The van der Waals surface area contributed by atoms with Crippen LogP contribution in [0.3, 0.4) is 0 Å². The Hall–Kier alpha value is -1.77. The lowest BCUT2D eigenvalue weighted by Crippen LogP contribution is -2.11. The Balaban J connectivity index is 1.83. The van der Waals surface area contributed by atoms with Crippen molar-refractivity contribution in [1.82, 2.24) is 10.2 Å². The molecule has 2 heterocycles. The van der Waals surface area contributed by atoms with Crippen LogP contribution in [-0.2, 0) is 11.2 Å². The van der Waals surface area contributed by atoms with Crippen LogP contribution in [0.1, 0.15) is 28.4 Å². The lowest BCUT2D eigenvalue weighted by Gasteiger charge is -2.06. The van der Waals surface area contributed by atoms with Crippen LogP contribution < -0.4 is 4.74 Å². The van der Waals surface area contributed by atoms with Crippen LogP contribution in [0.15, 0.2) is 40.2 Å². The minimum absolute atomic E-state index is 0.0955. The van der Waals surface area contributed by atoms with E-state index in [1.165, 1.54) is 23.1 Å². The Bertz CT molecular complexity index is 908. The smallest absolute Gasteiger partial charge is 0.186 e. The number of nitrogens with zero attached hydrogens (tertiary/aromatic N) is 2. The monoisotopic (exact) mass is 449 g/mol. The highest BCUT2D eigenvalue weighted by Gasteiger charge is 2.39. The molecule has 3 rings (SSSR count). The van der Waals surface area contributed by atoms with E-state index in [4.69, 9.17) is 10.1 Å². The predicted octanol–water partition coefficient (Wildman–Crippen LogP) is 4.85. The third-order valence-corrected chi connectivity index (χ3v) is 6.38. The molecule has 0 radical (unpaired) electrons. The standard InChI is InChI=1S/C18H16BrN3O2S2/c1-3-7-24-12-6-5-10(8-11(12)19)9-13-16(23)15(17(20)25-13)18-22-21-14(4-2)26-18/h3,5-6,8-9,15,20H,1,4,7H2,2H3/b13-9-,20-17?/t15-/m0/s1. The van der Waals surface area contributed by atoms with Crippen molar-refractivity contribution in [3.05, 3.63) is 55.8 Å². The molecule has 1 aromatic carbocycles. The van der Waals surface area contributed by atoms with E-state index in [0.717, 1.165) is 21.5 Å². The molecule has 0 saturated carbocycles. The predicted molar refractivity (Wildman–Crippen MR) is 110 cm³/mol. The molecule has 1 fully saturated rings. The maximum absolute atomic E-state index is 12.8. The number of ketones is 1. The highest BCUT2D eigenvalue weighted by molar-refractivity contribution is 9.10. The molecule has 0 aliphatic carbocycles. The van der Waals surface area contributed by atoms with Gasteiger partial charge in [-0.2, -0.15) is 0 Å². The van der Waals surface area contributed by atoms with Crippen molar-refractivity contribution in [3.8, 4) is 5.75 Å². The number of aryl methyl sites for hydroxylation is 1. The Morgan fingerprint density at radius 1 is 1.42 bits per heavy atom. The van der Waals surface area contributed by atoms with E-state index >= 15 is 0 Å². The topological polar surface area (TPSA) is 75.9 Å². The molecule has 0 amide bonds. The van der Waals surface area contributed by atoms with Crippen LogP contribution in [0.4, 0.5) is 0 Å². The second kappa shape index (κ2) is 8.28. The summed E-state index contributed by atoms with van der Waals surface area (Å²) < 4.78 is 6.33.